The Morgan fingerprint density at radius 1 is 1.17 bits per heavy atom. The molecule has 0 spiro atoms. The number of nitrogens with zero attached hydrogens (tertiary/aromatic N) is 1. The first-order valence-electron chi connectivity index (χ1n) is 7.15. The number of amides is 1. The molecular weight excluding hydrogens is 294 g/mol. The second kappa shape index (κ2) is 6.31. The Morgan fingerprint density at radius 3 is 2.70 bits per heavy atom. The van der Waals surface area contributed by atoms with Gasteiger partial charge < -0.3 is 15.4 Å². The summed E-state index contributed by atoms with van der Waals surface area (Å²) in [5, 5.41) is 12.9. The summed E-state index contributed by atoms with van der Waals surface area (Å²) in [6.07, 6.45) is 3.45. The summed E-state index contributed by atoms with van der Waals surface area (Å²) in [6.45, 7) is 0. The summed E-state index contributed by atoms with van der Waals surface area (Å²) in [6, 6.07) is 11.5. The number of aromatic nitrogens is 2. The van der Waals surface area contributed by atoms with Crippen LogP contribution in [0.2, 0.25) is 0 Å². The number of aliphatic carboxylic acids is 1. The highest BCUT2D eigenvalue weighted by molar-refractivity contribution is 5.95. The van der Waals surface area contributed by atoms with Gasteiger partial charge in [0.25, 0.3) is 5.91 Å². The molecule has 0 saturated carbocycles. The molecule has 0 saturated heterocycles. The molecule has 6 nitrogen and oxygen atoms in total. The van der Waals surface area contributed by atoms with Crippen LogP contribution in [0.4, 0.5) is 0 Å². The van der Waals surface area contributed by atoms with E-state index < -0.39 is 17.9 Å². The number of carboxylic acids is 1. The van der Waals surface area contributed by atoms with Gasteiger partial charge in [0.15, 0.2) is 0 Å². The molecule has 0 aliphatic rings. The molecule has 3 aromatic rings. The summed E-state index contributed by atoms with van der Waals surface area (Å²) in [4.78, 5) is 30.6. The first-order valence-corrected chi connectivity index (χ1v) is 7.15. The predicted octanol–water partition coefficient (Wildman–Crippen LogP) is 1.99. The average Bonchev–Trinajstić information content (AvgIpc) is 2.98. The summed E-state index contributed by atoms with van der Waals surface area (Å²) < 4.78 is 0. The average molecular weight is 309 g/mol. The van der Waals surface area contributed by atoms with Crippen molar-refractivity contribution < 1.29 is 14.7 Å². The van der Waals surface area contributed by atoms with E-state index in [0.717, 1.165) is 16.5 Å². The lowest BCUT2D eigenvalue weighted by Gasteiger charge is -2.14. The maximum Gasteiger partial charge on any atom is 0.326 e. The number of carbonyl (C=O) groups is 2. The number of para-hydroxylation sites is 1. The van der Waals surface area contributed by atoms with E-state index in [2.05, 4.69) is 15.3 Å². The highest BCUT2D eigenvalue weighted by atomic mass is 16.4. The molecule has 1 aromatic carbocycles. The molecule has 3 rings (SSSR count). The van der Waals surface area contributed by atoms with Crippen molar-refractivity contribution in [1.82, 2.24) is 15.3 Å². The van der Waals surface area contributed by atoms with Crippen molar-refractivity contribution in [2.24, 2.45) is 0 Å². The van der Waals surface area contributed by atoms with Crippen LogP contribution in [0.15, 0.2) is 54.9 Å². The molecule has 0 aliphatic heterocycles. The molecular formula is C17H15N3O3. The molecule has 2 heterocycles. The second-order valence-corrected chi connectivity index (χ2v) is 5.14. The fourth-order valence-electron chi connectivity index (χ4n) is 2.45. The van der Waals surface area contributed by atoms with E-state index >= 15 is 0 Å². The minimum absolute atomic E-state index is 0.192. The zero-order chi connectivity index (χ0) is 16.2. The number of benzene rings is 1. The number of rotatable bonds is 5. The lowest BCUT2D eigenvalue weighted by molar-refractivity contribution is -0.139. The van der Waals surface area contributed by atoms with Crippen molar-refractivity contribution >= 4 is 22.8 Å². The number of nitrogens with one attached hydrogen (secondary N) is 2. The van der Waals surface area contributed by atoms with E-state index in [4.69, 9.17) is 0 Å². The molecule has 0 unspecified atom stereocenters. The number of carbonyl (C=O) groups excluding carboxylic acids is 1. The van der Waals surface area contributed by atoms with Crippen molar-refractivity contribution in [1.29, 1.82) is 0 Å². The van der Waals surface area contributed by atoms with Crippen LogP contribution in [0.5, 0.6) is 0 Å². The van der Waals surface area contributed by atoms with Crippen LogP contribution in [-0.2, 0) is 11.2 Å². The number of hydrogen-bond donors (Lipinski definition) is 3. The maximum absolute atomic E-state index is 12.1. The highest BCUT2D eigenvalue weighted by Crippen LogP contribution is 2.19. The van der Waals surface area contributed by atoms with Gasteiger partial charge in [-0.3, -0.25) is 9.78 Å². The van der Waals surface area contributed by atoms with Gasteiger partial charge in [-0.05, 0) is 23.8 Å². The van der Waals surface area contributed by atoms with Gasteiger partial charge in [0.2, 0.25) is 0 Å². The van der Waals surface area contributed by atoms with Gasteiger partial charge in [-0.2, -0.15) is 0 Å². The number of carboxylic acid groups (broad SMARTS) is 1. The van der Waals surface area contributed by atoms with Crippen molar-refractivity contribution in [3.63, 3.8) is 0 Å². The van der Waals surface area contributed by atoms with Crippen LogP contribution < -0.4 is 5.32 Å². The van der Waals surface area contributed by atoms with Crippen molar-refractivity contribution in [3.05, 3.63) is 66.1 Å². The number of H-pyrrole nitrogens is 1. The quantitative estimate of drug-likeness (QED) is 0.671. The van der Waals surface area contributed by atoms with Crippen LogP contribution in [0, 0.1) is 0 Å². The number of hydrogen-bond acceptors (Lipinski definition) is 3. The maximum atomic E-state index is 12.1. The first kappa shape index (κ1) is 14.8. The zero-order valence-electron chi connectivity index (χ0n) is 12.2. The molecule has 1 atom stereocenters. The number of fused-ring (bicyclic) bond motifs is 1. The fraction of sp³-hybridized carbons (Fsp3) is 0.118. The van der Waals surface area contributed by atoms with Gasteiger partial charge >= 0.3 is 5.97 Å². The lowest BCUT2D eigenvalue weighted by Crippen LogP contribution is -2.42. The Bertz CT molecular complexity index is 842. The Kier molecular flexibility index (Phi) is 4.05. The summed E-state index contributed by atoms with van der Waals surface area (Å²) >= 11 is 0. The summed E-state index contributed by atoms with van der Waals surface area (Å²) in [5.74, 6) is -1.59. The highest BCUT2D eigenvalue weighted by Gasteiger charge is 2.22. The Morgan fingerprint density at radius 2 is 1.96 bits per heavy atom. The summed E-state index contributed by atoms with van der Waals surface area (Å²) in [7, 11) is 0. The Hall–Kier alpha value is -3.15. The minimum Gasteiger partial charge on any atom is -0.480 e. The van der Waals surface area contributed by atoms with Crippen LogP contribution in [0.3, 0.4) is 0 Å². The normalized spacial score (nSPS) is 12.0. The molecule has 23 heavy (non-hydrogen) atoms. The van der Waals surface area contributed by atoms with Gasteiger partial charge in [0, 0.05) is 29.7 Å². The van der Waals surface area contributed by atoms with E-state index in [1.807, 2.05) is 24.3 Å². The van der Waals surface area contributed by atoms with Crippen LogP contribution in [0.25, 0.3) is 10.9 Å². The number of aromatic amines is 1. The molecule has 0 fully saturated rings. The molecule has 2 aromatic heterocycles. The topological polar surface area (TPSA) is 95.1 Å². The fourth-order valence-corrected chi connectivity index (χ4v) is 2.45. The van der Waals surface area contributed by atoms with Gasteiger partial charge in [0.05, 0.1) is 0 Å². The lowest BCUT2D eigenvalue weighted by atomic mass is 10.0. The van der Waals surface area contributed by atoms with Gasteiger partial charge in [-0.15, -0.1) is 0 Å². The molecule has 116 valence electrons. The molecule has 3 N–H and O–H groups in total. The third-order valence-corrected chi connectivity index (χ3v) is 3.60. The van der Waals surface area contributed by atoms with E-state index in [1.54, 1.807) is 24.4 Å². The molecule has 0 radical (unpaired) electrons. The van der Waals surface area contributed by atoms with Crippen molar-refractivity contribution in [3.8, 4) is 0 Å². The second-order valence-electron chi connectivity index (χ2n) is 5.14. The molecule has 6 heteroatoms. The van der Waals surface area contributed by atoms with E-state index in [0.29, 0.717) is 0 Å². The van der Waals surface area contributed by atoms with Crippen LogP contribution in [-0.4, -0.2) is 33.0 Å². The van der Waals surface area contributed by atoms with Gasteiger partial charge in [0.1, 0.15) is 11.7 Å². The van der Waals surface area contributed by atoms with Gasteiger partial charge in [-0.25, -0.2) is 4.79 Å². The van der Waals surface area contributed by atoms with Gasteiger partial charge in [-0.1, -0.05) is 24.3 Å². The SMILES string of the molecule is O=C(N[C@H](Cc1c[nH]c2ccccc12)C(=O)O)c1ccccn1. The van der Waals surface area contributed by atoms with Crippen molar-refractivity contribution in [2.75, 3.05) is 0 Å². The molecule has 0 bridgehead atoms. The molecule has 0 aliphatic carbocycles. The minimum atomic E-state index is -1.08. The zero-order valence-corrected chi connectivity index (χ0v) is 12.2. The first-order chi connectivity index (χ1) is 11.1. The standard InChI is InChI=1S/C17H15N3O3/c21-16(14-7-3-4-8-18-14)20-15(17(22)23)9-11-10-19-13-6-2-1-5-12(11)13/h1-8,10,15,19H,9H2,(H,20,21)(H,22,23)/t15-/m1/s1. The van der Waals surface area contributed by atoms with Crippen LogP contribution >= 0.6 is 0 Å². The third-order valence-electron chi connectivity index (χ3n) is 3.60. The number of pyridine rings is 1. The predicted molar refractivity (Wildman–Crippen MR) is 85.1 cm³/mol. The monoisotopic (exact) mass is 309 g/mol. The Balaban J connectivity index is 1.80. The van der Waals surface area contributed by atoms with E-state index in [1.165, 1.54) is 6.20 Å². The van der Waals surface area contributed by atoms with E-state index in [-0.39, 0.29) is 12.1 Å². The largest absolute Gasteiger partial charge is 0.480 e. The Labute approximate surface area is 132 Å². The smallest absolute Gasteiger partial charge is 0.326 e. The summed E-state index contributed by atoms with van der Waals surface area (Å²) in [5.41, 5.74) is 1.97. The third kappa shape index (κ3) is 3.21. The van der Waals surface area contributed by atoms with Crippen molar-refractivity contribution in [2.45, 2.75) is 12.5 Å². The van der Waals surface area contributed by atoms with E-state index in [9.17, 15) is 14.7 Å². The molecule has 1 amide bonds. The van der Waals surface area contributed by atoms with Crippen LogP contribution in [0.1, 0.15) is 16.1 Å².